The maximum Gasteiger partial charge on any atom is 0.146 e. The van der Waals surface area contributed by atoms with E-state index in [0.29, 0.717) is 0 Å². The summed E-state index contributed by atoms with van der Waals surface area (Å²) < 4.78 is 27.1. The Kier molecular flexibility index (Phi) is 3.36. The fourth-order valence-electron chi connectivity index (χ4n) is 1.60. The molecule has 0 spiro atoms. The predicted molar refractivity (Wildman–Crippen MR) is 61.6 cm³/mol. The maximum atomic E-state index is 13.6. The summed E-state index contributed by atoms with van der Waals surface area (Å²) in [6.45, 7) is 0. The molecule has 0 radical (unpaired) electrons. The minimum absolute atomic E-state index is 0.0827. The Morgan fingerprint density at radius 1 is 1.18 bits per heavy atom. The lowest BCUT2D eigenvalue weighted by Gasteiger charge is -2.15. The molecule has 2 N–H and O–H groups in total. The number of pyridine rings is 1. The Hall–Kier alpha value is -1.52. The summed E-state index contributed by atoms with van der Waals surface area (Å²) in [4.78, 5) is 3.61. The monoisotopic (exact) mass is 254 g/mol. The van der Waals surface area contributed by atoms with Crippen molar-refractivity contribution in [3.63, 3.8) is 0 Å². The number of halogens is 3. The van der Waals surface area contributed by atoms with Gasteiger partial charge in [-0.05, 0) is 18.2 Å². The second kappa shape index (κ2) is 4.77. The molecule has 2 aromatic rings. The number of rotatable bonds is 2. The number of benzene rings is 1. The van der Waals surface area contributed by atoms with E-state index in [9.17, 15) is 8.78 Å². The van der Waals surface area contributed by atoms with Crippen molar-refractivity contribution in [1.82, 2.24) is 4.98 Å². The predicted octanol–water partition coefficient (Wildman–Crippen LogP) is 3.06. The first-order chi connectivity index (χ1) is 8.11. The third kappa shape index (κ3) is 2.28. The molecule has 1 atom stereocenters. The van der Waals surface area contributed by atoms with Crippen LogP contribution in [0.25, 0.3) is 0 Å². The van der Waals surface area contributed by atoms with Gasteiger partial charge < -0.3 is 5.73 Å². The molecule has 5 heteroatoms. The van der Waals surface area contributed by atoms with E-state index in [1.165, 1.54) is 30.5 Å². The Morgan fingerprint density at radius 2 is 1.94 bits per heavy atom. The Morgan fingerprint density at radius 3 is 2.59 bits per heavy atom. The second-order valence-electron chi connectivity index (χ2n) is 3.51. The molecule has 0 aliphatic rings. The zero-order valence-electron chi connectivity index (χ0n) is 8.70. The SMILES string of the molecule is NC(c1ccncc1F)c1c(F)cccc1Cl. The summed E-state index contributed by atoms with van der Waals surface area (Å²) in [6.07, 6.45) is 2.43. The van der Waals surface area contributed by atoms with Crippen molar-refractivity contribution >= 4 is 11.6 Å². The summed E-state index contributed by atoms with van der Waals surface area (Å²) in [5.74, 6) is -1.14. The van der Waals surface area contributed by atoms with Crippen molar-refractivity contribution < 1.29 is 8.78 Å². The van der Waals surface area contributed by atoms with Gasteiger partial charge in [0.05, 0.1) is 12.2 Å². The highest BCUT2D eigenvalue weighted by Crippen LogP contribution is 2.29. The third-order valence-electron chi connectivity index (χ3n) is 2.45. The van der Waals surface area contributed by atoms with E-state index in [2.05, 4.69) is 4.98 Å². The molecule has 1 aromatic carbocycles. The van der Waals surface area contributed by atoms with Gasteiger partial charge in [0.25, 0.3) is 0 Å². The van der Waals surface area contributed by atoms with Gasteiger partial charge in [0.1, 0.15) is 11.6 Å². The van der Waals surface area contributed by atoms with Crippen LogP contribution in [0.3, 0.4) is 0 Å². The van der Waals surface area contributed by atoms with Crippen molar-refractivity contribution in [1.29, 1.82) is 0 Å². The van der Waals surface area contributed by atoms with Crippen LogP contribution in [0.4, 0.5) is 8.78 Å². The lowest BCUT2D eigenvalue weighted by molar-refractivity contribution is 0.572. The van der Waals surface area contributed by atoms with E-state index in [0.717, 1.165) is 6.20 Å². The van der Waals surface area contributed by atoms with Gasteiger partial charge in [-0.15, -0.1) is 0 Å². The van der Waals surface area contributed by atoms with Crippen molar-refractivity contribution in [2.45, 2.75) is 6.04 Å². The number of nitrogens with zero attached hydrogens (tertiary/aromatic N) is 1. The molecule has 1 heterocycles. The number of hydrogen-bond donors (Lipinski definition) is 1. The van der Waals surface area contributed by atoms with Crippen molar-refractivity contribution in [3.8, 4) is 0 Å². The molecule has 2 nitrogen and oxygen atoms in total. The largest absolute Gasteiger partial charge is 0.320 e. The summed E-state index contributed by atoms with van der Waals surface area (Å²) in [7, 11) is 0. The zero-order valence-corrected chi connectivity index (χ0v) is 9.46. The average Bonchev–Trinajstić information content (AvgIpc) is 2.29. The van der Waals surface area contributed by atoms with Crippen LogP contribution in [0, 0.1) is 11.6 Å². The van der Waals surface area contributed by atoms with Crippen LogP contribution in [0.15, 0.2) is 36.7 Å². The van der Waals surface area contributed by atoms with Crippen LogP contribution < -0.4 is 5.73 Å². The molecule has 1 aromatic heterocycles. The van der Waals surface area contributed by atoms with Crippen LogP contribution in [-0.2, 0) is 0 Å². The van der Waals surface area contributed by atoms with Gasteiger partial charge in [0, 0.05) is 22.3 Å². The minimum Gasteiger partial charge on any atom is -0.320 e. The summed E-state index contributed by atoms with van der Waals surface area (Å²) >= 11 is 5.87. The van der Waals surface area contributed by atoms with E-state index in [1.54, 1.807) is 0 Å². The first-order valence-electron chi connectivity index (χ1n) is 4.90. The smallest absolute Gasteiger partial charge is 0.146 e. The van der Waals surface area contributed by atoms with E-state index in [1.807, 2.05) is 0 Å². The van der Waals surface area contributed by atoms with Gasteiger partial charge >= 0.3 is 0 Å². The van der Waals surface area contributed by atoms with Crippen LogP contribution >= 0.6 is 11.6 Å². The molecule has 2 rings (SSSR count). The van der Waals surface area contributed by atoms with Gasteiger partial charge in [-0.2, -0.15) is 0 Å². The van der Waals surface area contributed by atoms with E-state index in [-0.39, 0.29) is 16.1 Å². The van der Waals surface area contributed by atoms with E-state index in [4.69, 9.17) is 17.3 Å². The van der Waals surface area contributed by atoms with Crippen molar-refractivity contribution in [2.24, 2.45) is 5.73 Å². The molecule has 0 aliphatic heterocycles. The summed E-state index contributed by atoms with van der Waals surface area (Å²) in [6, 6.07) is 4.67. The normalized spacial score (nSPS) is 12.5. The lowest BCUT2D eigenvalue weighted by Crippen LogP contribution is -2.16. The fourth-order valence-corrected chi connectivity index (χ4v) is 1.88. The molecule has 1 unspecified atom stereocenters. The highest BCUT2D eigenvalue weighted by molar-refractivity contribution is 6.31. The van der Waals surface area contributed by atoms with Gasteiger partial charge in [-0.3, -0.25) is 4.98 Å². The average molecular weight is 255 g/mol. The topological polar surface area (TPSA) is 38.9 Å². The third-order valence-corrected chi connectivity index (χ3v) is 2.78. The van der Waals surface area contributed by atoms with Crippen LogP contribution in [0.5, 0.6) is 0 Å². The Balaban J connectivity index is 2.51. The summed E-state index contributed by atoms with van der Waals surface area (Å²) in [5, 5.41) is 0.175. The van der Waals surface area contributed by atoms with Crippen LogP contribution in [0.2, 0.25) is 5.02 Å². The number of hydrogen-bond acceptors (Lipinski definition) is 2. The zero-order chi connectivity index (χ0) is 12.4. The minimum atomic E-state index is -0.952. The molecule has 0 bridgehead atoms. The molecule has 17 heavy (non-hydrogen) atoms. The molecule has 0 aliphatic carbocycles. The molecule has 88 valence electrons. The molecule has 0 fully saturated rings. The van der Waals surface area contributed by atoms with Crippen molar-refractivity contribution in [2.75, 3.05) is 0 Å². The fraction of sp³-hybridized carbons (Fsp3) is 0.0833. The van der Waals surface area contributed by atoms with Gasteiger partial charge in [0.15, 0.2) is 0 Å². The number of aromatic nitrogens is 1. The molecule has 0 saturated heterocycles. The lowest BCUT2D eigenvalue weighted by atomic mass is 9.99. The standard InChI is InChI=1S/C12H9ClF2N2/c13-8-2-1-3-9(14)11(8)12(16)7-4-5-17-6-10(7)15/h1-6,12H,16H2. The molecule has 0 amide bonds. The molecular weight excluding hydrogens is 246 g/mol. The number of nitrogens with two attached hydrogens (primary N) is 1. The molecule has 0 saturated carbocycles. The van der Waals surface area contributed by atoms with Crippen LogP contribution in [-0.4, -0.2) is 4.98 Å². The van der Waals surface area contributed by atoms with Gasteiger partial charge in [-0.25, -0.2) is 8.78 Å². The van der Waals surface area contributed by atoms with Crippen molar-refractivity contribution in [3.05, 3.63) is 64.4 Å². The second-order valence-corrected chi connectivity index (χ2v) is 3.92. The first-order valence-corrected chi connectivity index (χ1v) is 5.28. The Bertz CT molecular complexity index is 526. The Labute approximate surface area is 102 Å². The van der Waals surface area contributed by atoms with Gasteiger partial charge in [-0.1, -0.05) is 17.7 Å². The summed E-state index contributed by atoms with van der Waals surface area (Å²) in [5.41, 5.74) is 6.07. The van der Waals surface area contributed by atoms with Crippen LogP contribution in [0.1, 0.15) is 17.2 Å². The maximum absolute atomic E-state index is 13.6. The highest BCUT2D eigenvalue weighted by atomic mass is 35.5. The van der Waals surface area contributed by atoms with E-state index < -0.39 is 17.7 Å². The van der Waals surface area contributed by atoms with E-state index >= 15 is 0 Å². The quantitative estimate of drug-likeness (QED) is 0.895. The highest BCUT2D eigenvalue weighted by Gasteiger charge is 2.19. The molecular formula is C12H9ClF2N2. The first kappa shape index (κ1) is 12.0. The van der Waals surface area contributed by atoms with Gasteiger partial charge in [0.2, 0.25) is 0 Å².